The van der Waals surface area contributed by atoms with Gasteiger partial charge in [-0.05, 0) is 49.8 Å². The fourth-order valence-electron chi connectivity index (χ4n) is 3.49. The second-order valence-corrected chi connectivity index (χ2v) is 8.10. The lowest BCUT2D eigenvalue weighted by atomic mass is 9.84. The molecule has 0 bridgehead atoms. The molecule has 0 aliphatic heterocycles. The summed E-state index contributed by atoms with van der Waals surface area (Å²) in [4.78, 5) is 0.391. The van der Waals surface area contributed by atoms with E-state index in [1.807, 2.05) is 0 Å². The van der Waals surface area contributed by atoms with E-state index in [4.69, 9.17) is 4.74 Å². The monoisotopic (exact) mass is 416 g/mol. The molecule has 0 N–H and O–H groups in total. The fraction of sp³-hybridized carbons (Fsp3) is 0.667. The summed E-state index contributed by atoms with van der Waals surface area (Å²) in [6, 6.07) is 2.16. The summed E-state index contributed by atoms with van der Waals surface area (Å²) in [5.74, 6) is 1.77. The van der Waals surface area contributed by atoms with Gasteiger partial charge in [-0.25, -0.2) is 0 Å². The summed E-state index contributed by atoms with van der Waals surface area (Å²) >= 11 is 7.72. The number of halogens is 2. The lowest BCUT2D eigenvalue weighted by molar-refractivity contribution is 0.361. The molecule has 0 spiro atoms. The van der Waals surface area contributed by atoms with E-state index in [2.05, 4.69) is 51.8 Å². The Balaban J connectivity index is 2.34. The molecule has 3 heteroatoms. The number of benzene rings is 1. The average Bonchev–Trinajstić information content (AvgIpc) is 2.41. The Hall–Kier alpha value is -0.0200. The predicted octanol–water partition coefficient (Wildman–Crippen LogP) is 6.87. The van der Waals surface area contributed by atoms with Crippen LogP contribution in [0.1, 0.15) is 66.5 Å². The van der Waals surface area contributed by atoms with Gasteiger partial charge in [0.05, 0.1) is 7.11 Å². The van der Waals surface area contributed by atoms with E-state index in [0.717, 1.165) is 5.75 Å². The van der Waals surface area contributed by atoms with Crippen molar-refractivity contribution >= 4 is 31.9 Å². The summed E-state index contributed by atoms with van der Waals surface area (Å²) in [7, 11) is 1.79. The van der Waals surface area contributed by atoms with E-state index in [0.29, 0.717) is 10.7 Å². The largest absolute Gasteiger partial charge is 0.496 e. The first-order chi connectivity index (χ1) is 10.1. The lowest BCUT2D eigenvalue weighted by Gasteiger charge is -2.28. The zero-order chi connectivity index (χ0) is 15.4. The Morgan fingerprint density at radius 1 is 1.10 bits per heavy atom. The summed E-state index contributed by atoms with van der Waals surface area (Å²) in [5, 5.41) is 0. The maximum Gasteiger partial charge on any atom is 0.126 e. The topological polar surface area (TPSA) is 9.23 Å². The lowest BCUT2D eigenvalue weighted by Crippen LogP contribution is -2.13. The van der Waals surface area contributed by atoms with Crippen molar-refractivity contribution in [3.8, 4) is 5.75 Å². The molecule has 1 aromatic rings. The van der Waals surface area contributed by atoms with Crippen LogP contribution in [0.25, 0.3) is 0 Å². The number of hydrogen-bond acceptors (Lipinski definition) is 1. The van der Waals surface area contributed by atoms with Crippen molar-refractivity contribution in [1.29, 1.82) is 0 Å². The van der Waals surface area contributed by atoms with Crippen molar-refractivity contribution in [2.75, 3.05) is 7.11 Å². The highest BCUT2D eigenvalue weighted by molar-refractivity contribution is 9.10. The maximum absolute atomic E-state index is 5.73. The van der Waals surface area contributed by atoms with Gasteiger partial charge in [-0.1, -0.05) is 64.0 Å². The molecule has 1 unspecified atom stereocenters. The number of hydrogen-bond donors (Lipinski definition) is 0. The third kappa shape index (κ3) is 4.04. The van der Waals surface area contributed by atoms with Crippen LogP contribution >= 0.6 is 31.9 Å². The SMILES string of the molecule is COc1c(C)cc(Br)c(C)c1C(Br)C1CCCCCCC1. The second-order valence-electron chi connectivity index (χ2n) is 6.25. The Morgan fingerprint density at radius 2 is 1.67 bits per heavy atom. The Bertz CT molecular complexity index is 477. The van der Waals surface area contributed by atoms with Gasteiger partial charge in [-0.15, -0.1) is 0 Å². The summed E-state index contributed by atoms with van der Waals surface area (Å²) in [5.41, 5.74) is 3.86. The number of aryl methyl sites for hydroxylation is 1. The van der Waals surface area contributed by atoms with Gasteiger partial charge in [0.25, 0.3) is 0 Å². The first-order valence-corrected chi connectivity index (χ1v) is 9.74. The molecule has 0 saturated heterocycles. The molecule has 21 heavy (non-hydrogen) atoms. The Kier molecular flexibility index (Phi) is 6.61. The van der Waals surface area contributed by atoms with Crippen LogP contribution in [0.3, 0.4) is 0 Å². The third-order valence-corrected chi connectivity index (χ3v) is 6.78. The molecule has 1 aliphatic rings. The van der Waals surface area contributed by atoms with E-state index in [9.17, 15) is 0 Å². The maximum atomic E-state index is 5.73. The molecular weight excluding hydrogens is 392 g/mol. The summed E-state index contributed by atoms with van der Waals surface area (Å²) < 4.78 is 6.92. The molecule has 1 atom stereocenters. The molecule has 0 radical (unpaired) electrons. The molecule has 2 rings (SSSR count). The van der Waals surface area contributed by atoms with Gasteiger partial charge in [-0.2, -0.15) is 0 Å². The number of rotatable bonds is 3. The highest BCUT2D eigenvalue weighted by atomic mass is 79.9. The zero-order valence-corrected chi connectivity index (χ0v) is 16.5. The van der Waals surface area contributed by atoms with Crippen molar-refractivity contribution in [1.82, 2.24) is 0 Å². The minimum Gasteiger partial charge on any atom is -0.496 e. The van der Waals surface area contributed by atoms with Crippen LogP contribution in [0.15, 0.2) is 10.5 Å². The van der Waals surface area contributed by atoms with Gasteiger partial charge >= 0.3 is 0 Å². The molecule has 0 amide bonds. The molecule has 0 aromatic heterocycles. The van der Waals surface area contributed by atoms with Gasteiger partial charge < -0.3 is 4.74 Å². The first-order valence-electron chi connectivity index (χ1n) is 8.04. The van der Waals surface area contributed by atoms with Crippen LogP contribution in [-0.2, 0) is 0 Å². The average molecular weight is 418 g/mol. The predicted molar refractivity (Wildman–Crippen MR) is 97.6 cm³/mol. The van der Waals surface area contributed by atoms with Crippen LogP contribution in [0, 0.1) is 19.8 Å². The molecule has 1 aromatic carbocycles. The molecule has 1 nitrogen and oxygen atoms in total. The minimum absolute atomic E-state index is 0.391. The minimum atomic E-state index is 0.391. The third-order valence-electron chi connectivity index (χ3n) is 4.75. The fourth-order valence-corrected chi connectivity index (χ4v) is 5.13. The van der Waals surface area contributed by atoms with E-state index < -0.39 is 0 Å². The second kappa shape index (κ2) is 8.01. The van der Waals surface area contributed by atoms with Gasteiger partial charge in [-0.3, -0.25) is 0 Å². The van der Waals surface area contributed by atoms with Gasteiger partial charge in [0.1, 0.15) is 5.75 Å². The zero-order valence-electron chi connectivity index (χ0n) is 13.3. The molecule has 1 saturated carbocycles. The van der Waals surface area contributed by atoms with Crippen molar-refractivity contribution in [2.24, 2.45) is 5.92 Å². The van der Waals surface area contributed by atoms with Gasteiger partial charge in [0.2, 0.25) is 0 Å². The van der Waals surface area contributed by atoms with Gasteiger partial charge in [0, 0.05) is 14.9 Å². The van der Waals surface area contributed by atoms with Crippen molar-refractivity contribution in [2.45, 2.75) is 63.6 Å². The van der Waals surface area contributed by atoms with Crippen molar-refractivity contribution in [3.05, 3.63) is 27.2 Å². The molecule has 118 valence electrons. The van der Waals surface area contributed by atoms with Crippen LogP contribution in [0.2, 0.25) is 0 Å². The van der Waals surface area contributed by atoms with E-state index in [1.165, 1.54) is 66.1 Å². The number of ether oxygens (including phenoxy) is 1. The quantitative estimate of drug-likeness (QED) is 0.487. The van der Waals surface area contributed by atoms with E-state index in [1.54, 1.807) is 7.11 Å². The number of alkyl halides is 1. The standard InChI is InChI=1S/C18H26Br2O/c1-12-11-15(19)13(2)16(18(12)21-3)17(20)14-9-7-5-4-6-8-10-14/h11,14,17H,4-10H2,1-3H3. The van der Waals surface area contributed by atoms with Crippen molar-refractivity contribution < 1.29 is 4.74 Å². The Labute approximate surface area is 146 Å². The summed E-state index contributed by atoms with van der Waals surface area (Å²) in [6.07, 6.45) is 9.57. The molecular formula is C18H26Br2O. The summed E-state index contributed by atoms with van der Waals surface area (Å²) in [6.45, 7) is 4.32. The highest BCUT2D eigenvalue weighted by Crippen LogP contribution is 2.46. The Morgan fingerprint density at radius 3 is 2.24 bits per heavy atom. The highest BCUT2D eigenvalue weighted by Gasteiger charge is 2.27. The van der Waals surface area contributed by atoms with E-state index in [-0.39, 0.29) is 0 Å². The van der Waals surface area contributed by atoms with E-state index >= 15 is 0 Å². The smallest absolute Gasteiger partial charge is 0.126 e. The van der Waals surface area contributed by atoms with Gasteiger partial charge in [0.15, 0.2) is 0 Å². The molecule has 1 aliphatic carbocycles. The van der Waals surface area contributed by atoms with Crippen LogP contribution in [0.4, 0.5) is 0 Å². The van der Waals surface area contributed by atoms with Crippen molar-refractivity contribution in [3.63, 3.8) is 0 Å². The first kappa shape index (κ1) is 17.3. The van der Waals surface area contributed by atoms with Crippen LogP contribution in [-0.4, -0.2) is 7.11 Å². The normalized spacial score (nSPS) is 18.9. The molecule has 1 fully saturated rings. The van der Waals surface area contributed by atoms with Crippen LogP contribution in [0.5, 0.6) is 5.75 Å². The number of methoxy groups -OCH3 is 1. The molecule has 0 heterocycles. The van der Waals surface area contributed by atoms with Crippen LogP contribution < -0.4 is 4.74 Å².